The molecular formula is C25H23N3O4. The number of fused-ring (bicyclic) bond motifs is 2. The van der Waals surface area contributed by atoms with E-state index in [1.165, 1.54) is 11.8 Å². The zero-order valence-electron chi connectivity index (χ0n) is 18.0. The van der Waals surface area contributed by atoms with Gasteiger partial charge >= 0.3 is 0 Å². The first-order valence-corrected chi connectivity index (χ1v) is 10.6. The number of anilines is 1. The highest BCUT2D eigenvalue weighted by molar-refractivity contribution is 6.27. The number of ether oxygens (including phenoxy) is 1. The molecule has 32 heavy (non-hydrogen) atoms. The Morgan fingerprint density at radius 2 is 1.81 bits per heavy atom. The summed E-state index contributed by atoms with van der Waals surface area (Å²) in [5.41, 5.74) is 3.78. The molecule has 7 heteroatoms. The number of para-hydroxylation sites is 1. The van der Waals surface area contributed by atoms with Gasteiger partial charge in [0.15, 0.2) is 0 Å². The summed E-state index contributed by atoms with van der Waals surface area (Å²) in [6, 6.07) is 12.7. The number of nitrogens with zero attached hydrogens (tertiary/aromatic N) is 3. The lowest BCUT2D eigenvalue weighted by molar-refractivity contribution is -0.116. The van der Waals surface area contributed by atoms with Crippen molar-refractivity contribution in [2.75, 3.05) is 31.2 Å². The fraction of sp³-hybridized carbons (Fsp3) is 0.240. The number of hydrogen-bond acceptors (Lipinski definition) is 4. The van der Waals surface area contributed by atoms with Gasteiger partial charge < -0.3 is 14.2 Å². The van der Waals surface area contributed by atoms with E-state index in [0.717, 1.165) is 16.5 Å². The average molecular weight is 429 g/mol. The fourth-order valence-electron chi connectivity index (χ4n) is 4.46. The quantitative estimate of drug-likeness (QED) is 0.587. The van der Waals surface area contributed by atoms with Crippen LogP contribution in [0, 0.1) is 0 Å². The molecule has 2 amide bonds. The number of carbonyl (C=O) groups is 3. The third-order valence-electron chi connectivity index (χ3n) is 6.04. The van der Waals surface area contributed by atoms with E-state index in [1.807, 2.05) is 42.1 Å². The largest absolute Gasteiger partial charge is 0.378 e. The van der Waals surface area contributed by atoms with Crippen LogP contribution in [0.2, 0.25) is 0 Å². The summed E-state index contributed by atoms with van der Waals surface area (Å²) in [6.07, 6.45) is 3.67. The van der Waals surface area contributed by atoms with Crippen molar-refractivity contribution < 1.29 is 19.1 Å². The van der Waals surface area contributed by atoms with Crippen molar-refractivity contribution in [1.29, 1.82) is 0 Å². The lowest BCUT2D eigenvalue weighted by Gasteiger charge is -2.26. The molecule has 0 aliphatic carbocycles. The van der Waals surface area contributed by atoms with Crippen LogP contribution in [0.25, 0.3) is 17.0 Å². The second-order valence-corrected chi connectivity index (χ2v) is 8.06. The molecule has 1 saturated heterocycles. The SMILES string of the molecule is CC(=O)N1C(=Cc2cn(C)c3cc(C(=O)N4CCOCC4)ccc23)C(=O)c2ccccc21. The molecule has 0 spiro atoms. The van der Waals surface area contributed by atoms with E-state index < -0.39 is 0 Å². The van der Waals surface area contributed by atoms with E-state index in [1.54, 1.807) is 29.2 Å². The maximum Gasteiger partial charge on any atom is 0.254 e. The van der Waals surface area contributed by atoms with Crippen LogP contribution in [-0.2, 0) is 16.6 Å². The zero-order valence-corrected chi connectivity index (χ0v) is 18.0. The lowest BCUT2D eigenvalue weighted by Crippen LogP contribution is -2.40. The van der Waals surface area contributed by atoms with Crippen molar-refractivity contribution >= 4 is 40.3 Å². The molecular weight excluding hydrogens is 406 g/mol. The van der Waals surface area contributed by atoms with Crippen LogP contribution < -0.4 is 4.90 Å². The van der Waals surface area contributed by atoms with E-state index in [9.17, 15) is 14.4 Å². The topological polar surface area (TPSA) is 71.8 Å². The number of morpholine rings is 1. The molecule has 2 aromatic carbocycles. The van der Waals surface area contributed by atoms with Gasteiger partial charge in [-0.2, -0.15) is 0 Å². The number of Topliss-reactive ketones (excluding diaryl/α,β-unsaturated/α-hetero) is 1. The molecule has 2 aliphatic rings. The molecule has 0 bridgehead atoms. The second kappa shape index (κ2) is 7.76. The summed E-state index contributed by atoms with van der Waals surface area (Å²) in [4.78, 5) is 41.6. The number of ketones is 1. The number of amides is 2. The monoisotopic (exact) mass is 429 g/mol. The minimum atomic E-state index is -0.215. The molecule has 1 fully saturated rings. The van der Waals surface area contributed by atoms with Gasteiger partial charge in [0.05, 0.1) is 24.6 Å². The van der Waals surface area contributed by atoms with Crippen LogP contribution in [0.4, 0.5) is 5.69 Å². The van der Waals surface area contributed by atoms with Crippen LogP contribution in [0.1, 0.15) is 33.2 Å². The fourth-order valence-corrected chi connectivity index (χ4v) is 4.46. The highest BCUT2D eigenvalue weighted by Gasteiger charge is 2.34. The normalized spacial score (nSPS) is 17.3. The van der Waals surface area contributed by atoms with Gasteiger partial charge in [-0.25, -0.2) is 0 Å². The minimum absolute atomic E-state index is 0.0134. The third-order valence-corrected chi connectivity index (χ3v) is 6.04. The van der Waals surface area contributed by atoms with E-state index in [4.69, 9.17) is 4.74 Å². The number of carbonyl (C=O) groups excluding carboxylic acids is 3. The van der Waals surface area contributed by atoms with Crippen molar-refractivity contribution in [2.45, 2.75) is 6.92 Å². The Bertz CT molecular complexity index is 1300. The van der Waals surface area contributed by atoms with Gasteiger partial charge in [-0.1, -0.05) is 18.2 Å². The van der Waals surface area contributed by atoms with Crippen LogP contribution >= 0.6 is 0 Å². The number of aromatic nitrogens is 1. The van der Waals surface area contributed by atoms with Crippen molar-refractivity contribution in [3.05, 3.63) is 71.0 Å². The van der Waals surface area contributed by atoms with Crippen molar-refractivity contribution in [3.8, 4) is 0 Å². The standard InChI is InChI=1S/C25H23N3O4/c1-16(29)28-21-6-4-3-5-20(21)24(30)23(28)14-18-15-26(2)22-13-17(7-8-19(18)22)25(31)27-9-11-32-12-10-27/h3-8,13-15H,9-12H2,1-2H3. The number of rotatable bonds is 2. The first kappa shape index (κ1) is 20.2. The number of aryl methyl sites for hydroxylation is 1. The predicted octanol–water partition coefficient (Wildman–Crippen LogP) is 3.24. The smallest absolute Gasteiger partial charge is 0.254 e. The zero-order chi connectivity index (χ0) is 22.4. The highest BCUT2D eigenvalue weighted by atomic mass is 16.5. The van der Waals surface area contributed by atoms with Crippen LogP contribution in [0.5, 0.6) is 0 Å². The Balaban J connectivity index is 1.55. The summed E-state index contributed by atoms with van der Waals surface area (Å²) < 4.78 is 7.27. The molecule has 3 heterocycles. The van der Waals surface area contributed by atoms with Gasteiger partial charge in [-0.15, -0.1) is 0 Å². The average Bonchev–Trinajstić information content (AvgIpc) is 3.28. The van der Waals surface area contributed by atoms with E-state index >= 15 is 0 Å². The molecule has 5 rings (SSSR count). The molecule has 1 aromatic heterocycles. The van der Waals surface area contributed by atoms with Crippen molar-refractivity contribution in [1.82, 2.24) is 9.47 Å². The summed E-state index contributed by atoms with van der Waals surface area (Å²) >= 11 is 0. The minimum Gasteiger partial charge on any atom is -0.378 e. The first-order chi connectivity index (χ1) is 15.5. The summed E-state index contributed by atoms with van der Waals surface area (Å²) in [5.74, 6) is -0.402. The Kier molecular flexibility index (Phi) is 4.90. The molecule has 0 unspecified atom stereocenters. The number of allylic oxidation sites excluding steroid dienone is 1. The van der Waals surface area contributed by atoms with E-state index in [-0.39, 0.29) is 17.6 Å². The van der Waals surface area contributed by atoms with Crippen LogP contribution in [0.15, 0.2) is 54.4 Å². The maximum absolute atomic E-state index is 13.0. The molecule has 7 nitrogen and oxygen atoms in total. The van der Waals surface area contributed by atoms with Gasteiger partial charge in [0.25, 0.3) is 5.91 Å². The summed E-state index contributed by atoms with van der Waals surface area (Å²) in [6.45, 7) is 3.74. The molecule has 0 radical (unpaired) electrons. The van der Waals surface area contributed by atoms with E-state index in [0.29, 0.717) is 48.8 Å². The van der Waals surface area contributed by atoms with Gasteiger partial charge in [0, 0.05) is 60.9 Å². The van der Waals surface area contributed by atoms with Crippen molar-refractivity contribution in [2.24, 2.45) is 7.05 Å². The van der Waals surface area contributed by atoms with Crippen LogP contribution in [-0.4, -0.2) is 53.4 Å². The highest BCUT2D eigenvalue weighted by Crippen LogP contribution is 2.36. The molecule has 3 aromatic rings. The summed E-state index contributed by atoms with van der Waals surface area (Å²) in [7, 11) is 1.90. The predicted molar refractivity (Wildman–Crippen MR) is 122 cm³/mol. The Morgan fingerprint density at radius 1 is 1.06 bits per heavy atom. The number of hydrogen-bond donors (Lipinski definition) is 0. The first-order valence-electron chi connectivity index (χ1n) is 10.6. The Morgan fingerprint density at radius 3 is 2.56 bits per heavy atom. The number of benzene rings is 2. The van der Waals surface area contributed by atoms with Gasteiger partial charge in [-0.3, -0.25) is 19.3 Å². The molecule has 0 saturated carbocycles. The Labute approximate surface area is 185 Å². The Hall–Kier alpha value is -3.71. The second-order valence-electron chi connectivity index (χ2n) is 8.06. The molecule has 0 N–H and O–H groups in total. The molecule has 0 atom stereocenters. The maximum atomic E-state index is 13.0. The lowest BCUT2D eigenvalue weighted by atomic mass is 10.1. The van der Waals surface area contributed by atoms with Gasteiger partial charge in [0.1, 0.15) is 0 Å². The van der Waals surface area contributed by atoms with E-state index in [2.05, 4.69) is 0 Å². The van der Waals surface area contributed by atoms with Gasteiger partial charge in [-0.05, 0) is 30.3 Å². The van der Waals surface area contributed by atoms with Crippen molar-refractivity contribution in [3.63, 3.8) is 0 Å². The van der Waals surface area contributed by atoms with Gasteiger partial charge in [0.2, 0.25) is 11.7 Å². The van der Waals surface area contributed by atoms with Crippen LogP contribution in [0.3, 0.4) is 0 Å². The molecule has 2 aliphatic heterocycles. The third kappa shape index (κ3) is 3.22. The summed E-state index contributed by atoms with van der Waals surface area (Å²) in [5, 5.41) is 0.908. The molecule has 162 valence electrons.